The van der Waals surface area contributed by atoms with Crippen LogP contribution in [0.15, 0.2) is 139 Å². The zero-order valence-electron chi connectivity index (χ0n) is 33.1. The molecule has 0 aliphatic carbocycles. The quantitative estimate of drug-likeness (QED) is 0.151. The Morgan fingerprint density at radius 3 is 0.684 bits per heavy atom. The van der Waals surface area contributed by atoms with Gasteiger partial charge in [0.15, 0.2) is 0 Å². The molecule has 0 fully saturated rings. The Kier molecular flexibility index (Phi) is 14.8. The Balaban J connectivity index is 1.20. The molecule has 0 saturated heterocycles. The van der Waals surface area contributed by atoms with E-state index in [9.17, 15) is 0 Å². The van der Waals surface area contributed by atoms with Crippen molar-refractivity contribution < 1.29 is 0 Å². The van der Waals surface area contributed by atoms with E-state index in [0.717, 1.165) is 130 Å². The smallest absolute Gasteiger partial charge is 0.0389 e. The van der Waals surface area contributed by atoms with Gasteiger partial charge < -0.3 is 0 Å². The summed E-state index contributed by atoms with van der Waals surface area (Å²) in [5.41, 5.74) is 13.7. The third-order valence-electron chi connectivity index (χ3n) is 10.3. The van der Waals surface area contributed by atoms with E-state index >= 15 is 0 Å². The second-order valence-corrected chi connectivity index (χ2v) is 15.0. The highest BCUT2D eigenvalue weighted by molar-refractivity contribution is 5.92. The van der Waals surface area contributed by atoms with Crippen LogP contribution in [-0.4, -0.2) is 76.6 Å². The Morgan fingerprint density at radius 1 is 0.211 bits per heavy atom. The molecule has 14 rings (SSSR count). The minimum Gasteiger partial charge on any atom is -0.293 e. The second kappa shape index (κ2) is 21.4. The fraction of sp³-hybridized carbons (Fsp3) is 0.294. The van der Waals surface area contributed by atoms with Gasteiger partial charge in [0.2, 0.25) is 0 Å². The molecule has 0 spiro atoms. The highest BCUT2D eigenvalue weighted by Gasteiger charge is 2.09. The first-order valence-electron chi connectivity index (χ1n) is 20.9. The number of hydrogen-bond acceptors (Lipinski definition) is 6. The van der Waals surface area contributed by atoms with Crippen LogP contribution in [0.2, 0.25) is 0 Å². The zero-order valence-corrected chi connectivity index (χ0v) is 33.1. The largest absolute Gasteiger partial charge is 0.293 e. The van der Waals surface area contributed by atoms with Crippen LogP contribution in [0, 0.1) is 0 Å². The molecule has 9 aliphatic heterocycles. The van der Waals surface area contributed by atoms with Crippen LogP contribution in [0.25, 0.3) is 33.4 Å². The van der Waals surface area contributed by atoms with Crippen LogP contribution in [0.1, 0.15) is 91.2 Å². The van der Waals surface area contributed by atoms with Crippen molar-refractivity contribution in [2.75, 3.05) is 39.3 Å². The van der Waals surface area contributed by atoms with Gasteiger partial charge in [0, 0.05) is 76.6 Å². The molecule has 6 nitrogen and oxygen atoms in total. The van der Waals surface area contributed by atoms with Gasteiger partial charge in [0.05, 0.1) is 0 Å². The molecule has 57 heavy (non-hydrogen) atoms. The van der Waals surface area contributed by atoms with Crippen molar-refractivity contribution in [3.63, 3.8) is 0 Å². The molecule has 5 aromatic rings. The SMILES string of the molecule is C1=NCCCCCN=Cc2cc3cc(c2)C=NCCCCCN=Cc2ccc(cc2)-c2cc(cc(c2)-c2ccc(cc2)C=NCCCCCN=C3)-c2ccc1cc2. The standard InChI is InChI=1S/C51H54N6/c1-4-22-52-34-40-10-16-46(17-11-40)49-31-50-33-51(32-49)48-20-14-42(15-21-48)36-54-24-6-3-9-27-57-39-45-29-43(37-55-25-7-1)28-44(30-45)38-56-26-8-2-5-23-53-35-41-12-18-47(50)19-13-41/h10-21,28-39H,1-9,22-27H2. The highest BCUT2D eigenvalue weighted by Crippen LogP contribution is 2.33. The zero-order chi connectivity index (χ0) is 38.7. The maximum absolute atomic E-state index is 4.78. The monoisotopic (exact) mass is 750 g/mol. The number of benzene rings is 5. The van der Waals surface area contributed by atoms with Gasteiger partial charge in [-0.2, -0.15) is 0 Å². The summed E-state index contributed by atoms with van der Waals surface area (Å²) in [5.74, 6) is 0. The second-order valence-electron chi connectivity index (χ2n) is 15.0. The summed E-state index contributed by atoms with van der Waals surface area (Å²) in [6.07, 6.45) is 21.6. The van der Waals surface area contributed by atoms with Crippen LogP contribution in [-0.2, 0) is 0 Å². The summed E-state index contributed by atoms with van der Waals surface area (Å²) in [6.45, 7) is 4.86. The first-order chi connectivity index (χ1) is 28.2. The van der Waals surface area contributed by atoms with Gasteiger partial charge in [-0.3, -0.25) is 30.0 Å². The van der Waals surface area contributed by atoms with Gasteiger partial charge >= 0.3 is 0 Å². The summed E-state index contributed by atoms with van der Waals surface area (Å²) >= 11 is 0. The van der Waals surface area contributed by atoms with E-state index in [1.165, 1.54) is 33.4 Å². The number of nitrogens with zero attached hydrogens (tertiary/aromatic N) is 6. The van der Waals surface area contributed by atoms with Crippen LogP contribution in [0.5, 0.6) is 0 Å². The first-order valence-corrected chi connectivity index (χ1v) is 20.9. The number of aliphatic imine (C=N–C) groups is 6. The van der Waals surface area contributed by atoms with Crippen LogP contribution in [0.3, 0.4) is 0 Å². The molecule has 0 N–H and O–H groups in total. The van der Waals surface area contributed by atoms with Gasteiger partial charge in [0.25, 0.3) is 0 Å². The Morgan fingerprint density at radius 2 is 0.439 bits per heavy atom. The van der Waals surface area contributed by atoms with Gasteiger partial charge in [0.1, 0.15) is 0 Å². The van der Waals surface area contributed by atoms with Crippen LogP contribution in [0.4, 0.5) is 0 Å². The summed E-state index contributed by atoms with van der Waals surface area (Å²) < 4.78 is 0. The van der Waals surface area contributed by atoms with Crippen molar-refractivity contribution >= 4 is 37.3 Å². The molecule has 0 atom stereocenters. The fourth-order valence-corrected chi connectivity index (χ4v) is 7.11. The minimum absolute atomic E-state index is 0.806. The molecule has 0 saturated carbocycles. The van der Waals surface area contributed by atoms with Gasteiger partial charge in [-0.1, -0.05) is 72.8 Å². The van der Waals surface area contributed by atoms with E-state index in [4.69, 9.17) is 30.0 Å². The summed E-state index contributed by atoms with van der Waals surface area (Å²) in [4.78, 5) is 28.6. The van der Waals surface area contributed by atoms with Crippen molar-refractivity contribution in [1.29, 1.82) is 0 Å². The topological polar surface area (TPSA) is 74.2 Å². The van der Waals surface area contributed by atoms with Gasteiger partial charge in [-0.05, 0) is 161 Å². The lowest BCUT2D eigenvalue weighted by Gasteiger charge is -2.12. The number of rotatable bonds is 0. The van der Waals surface area contributed by atoms with E-state index < -0.39 is 0 Å². The van der Waals surface area contributed by atoms with Gasteiger partial charge in [-0.25, -0.2) is 0 Å². The Bertz CT molecular complexity index is 1930. The van der Waals surface area contributed by atoms with E-state index in [0.29, 0.717) is 0 Å². The summed E-state index contributed by atoms with van der Waals surface area (Å²) in [5, 5.41) is 0. The molecule has 5 aromatic carbocycles. The Hall–Kier alpha value is -5.88. The Labute approximate surface area is 339 Å². The van der Waals surface area contributed by atoms with E-state index in [2.05, 4.69) is 109 Å². The minimum atomic E-state index is 0.806. The van der Waals surface area contributed by atoms with E-state index in [-0.39, 0.29) is 0 Å². The predicted octanol–water partition coefficient (Wildman–Crippen LogP) is 11.4. The average molecular weight is 751 g/mol. The molecule has 9 aliphatic rings. The lowest BCUT2D eigenvalue weighted by molar-refractivity contribution is 0.698. The lowest BCUT2D eigenvalue weighted by Crippen LogP contribution is -1.95. The predicted molar refractivity (Wildman–Crippen MR) is 246 cm³/mol. The molecule has 6 heteroatoms. The molecule has 9 heterocycles. The average Bonchev–Trinajstić information content (AvgIpc) is 3.24. The lowest BCUT2D eigenvalue weighted by atomic mass is 9.92. The third-order valence-corrected chi connectivity index (χ3v) is 10.3. The van der Waals surface area contributed by atoms with Crippen LogP contribution >= 0.6 is 0 Å². The highest BCUT2D eigenvalue weighted by atomic mass is 14.7. The van der Waals surface area contributed by atoms with E-state index in [1.54, 1.807) is 0 Å². The molecule has 0 radical (unpaired) electrons. The molecular weight excluding hydrogens is 697 g/mol. The van der Waals surface area contributed by atoms with Crippen molar-refractivity contribution in [1.82, 2.24) is 0 Å². The molecular formula is C51H54N6. The summed E-state index contributed by atoms with van der Waals surface area (Å²) in [6, 6.07) is 39.7. The number of hydrogen-bond donors (Lipinski definition) is 0. The molecule has 0 aromatic heterocycles. The van der Waals surface area contributed by atoms with Crippen molar-refractivity contribution in [2.45, 2.75) is 57.8 Å². The summed E-state index contributed by atoms with van der Waals surface area (Å²) in [7, 11) is 0. The first kappa shape index (κ1) is 39.4. The maximum atomic E-state index is 4.78. The normalized spacial score (nSPS) is 16.0. The fourth-order valence-electron chi connectivity index (χ4n) is 7.11. The molecule has 12 bridgehead atoms. The van der Waals surface area contributed by atoms with E-state index in [1.807, 2.05) is 37.3 Å². The van der Waals surface area contributed by atoms with Crippen LogP contribution < -0.4 is 0 Å². The molecule has 288 valence electrons. The van der Waals surface area contributed by atoms with Crippen molar-refractivity contribution in [2.24, 2.45) is 30.0 Å². The molecule has 0 unspecified atom stereocenters. The van der Waals surface area contributed by atoms with Gasteiger partial charge in [-0.15, -0.1) is 0 Å². The third kappa shape index (κ3) is 12.6. The maximum Gasteiger partial charge on any atom is 0.0389 e. The van der Waals surface area contributed by atoms with Crippen molar-refractivity contribution in [3.05, 3.63) is 143 Å². The van der Waals surface area contributed by atoms with Crippen molar-refractivity contribution in [3.8, 4) is 33.4 Å². The molecule has 0 amide bonds.